The molecule has 1 aliphatic carbocycles. The van der Waals surface area contributed by atoms with Gasteiger partial charge in [0.2, 0.25) is 11.8 Å². The normalized spacial score (nSPS) is 19.3. The summed E-state index contributed by atoms with van der Waals surface area (Å²) in [6, 6.07) is 6.16. The van der Waals surface area contributed by atoms with Gasteiger partial charge in [0.05, 0.1) is 12.6 Å². The van der Waals surface area contributed by atoms with E-state index in [1.807, 2.05) is 17.9 Å². The molecule has 4 rings (SSSR count). The molecule has 3 aliphatic rings. The second-order valence-corrected chi connectivity index (χ2v) is 9.72. The first kappa shape index (κ1) is 27.6. The molecule has 198 valence electrons. The third kappa shape index (κ3) is 8.03. The fourth-order valence-electron chi connectivity index (χ4n) is 4.98. The second kappa shape index (κ2) is 13.4. The van der Waals surface area contributed by atoms with E-state index in [0.29, 0.717) is 6.54 Å². The summed E-state index contributed by atoms with van der Waals surface area (Å²) < 4.78 is 0. The van der Waals surface area contributed by atoms with Crippen molar-refractivity contribution < 1.29 is 29.4 Å². The van der Waals surface area contributed by atoms with Crippen LogP contribution in [0.4, 0.5) is 5.69 Å². The number of amides is 2. The first-order chi connectivity index (χ1) is 17.2. The molecule has 0 saturated carbocycles. The molecular formula is C26H38N4O6. The lowest BCUT2D eigenvalue weighted by molar-refractivity contribution is -0.159. The zero-order valence-electron chi connectivity index (χ0n) is 21.1. The number of aryl methyl sites for hydroxylation is 2. The van der Waals surface area contributed by atoms with Gasteiger partial charge in [0.1, 0.15) is 0 Å². The number of piperazine rings is 1. The van der Waals surface area contributed by atoms with Crippen LogP contribution >= 0.6 is 0 Å². The molecule has 0 radical (unpaired) electrons. The topological polar surface area (TPSA) is 130 Å². The number of carbonyl (C=O) groups is 4. The van der Waals surface area contributed by atoms with E-state index in [9.17, 15) is 9.59 Å². The van der Waals surface area contributed by atoms with Gasteiger partial charge in [0.25, 0.3) is 0 Å². The minimum atomic E-state index is -1.82. The molecule has 1 aromatic carbocycles. The molecule has 0 spiro atoms. The maximum atomic E-state index is 12.8. The van der Waals surface area contributed by atoms with Crippen molar-refractivity contribution >= 4 is 29.4 Å². The first-order valence-corrected chi connectivity index (χ1v) is 12.9. The number of anilines is 1. The molecule has 10 nitrogen and oxygen atoms in total. The number of carboxylic acid groups (broad SMARTS) is 2. The predicted molar refractivity (Wildman–Crippen MR) is 135 cm³/mol. The molecule has 1 atom stereocenters. The molecule has 2 fully saturated rings. The number of nitrogens with one attached hydrogen (secondary N) is 1. The summed E-state index contributed by atoms with van der Waals surface area (Å²) in [6.45, 7) is 7.67. The van der Waals surface area contributed by atoms with Gasteiger partial charge >= 0.3 is 11.9 Å². The number of carbonyl (C=O) groups excluding carboxylic acids is 2. The van der Waals surface area contributed by atoms with E-state index in [-0.39, 0.29) is 17.9 Å². The van der Waals surface area contributed by atoms with Gasteiger partial charge in [-0.3, -0.25) is 19.4 Å². The van der Waals surface area contributed by atoms with E-state index in [4.69, 9.17) is 19.8 Å². The van der Waals surface area contributed by atoms with Gasteiger partial charge in [-0.05, 0) is 62.3 Å². The number of hydrogen-bond acceptors (Lipinski definition) is 6. The van der Waals surface area contributed by atoms with Crippen molar-refractivity contribution in [2.24, 2.45) is 0 Å². The largest absolute Gasteiger partial charge is 0.473 e. The SMILES string of the molecule is CC(C(=O)Nc1ccc2c(c1)CCC2)N1CCN(CC(=O)N2CCCCCC2)CC1.O=C(O)C(=O)O. The van der Waals surface area contributed by atoms with Gasteiger partial charge in [0.15, 0.2) is 0 Å². The van der Waals surface area contributed by atoms with Crippen molar-refractivity contribution in [2.75, 3.05) is 51.1 Å². The zero-order chi connectivity index (χ0) is 26.1. The molecule has 0 bridgehead atoms. The van der Waals surface area contributed by atoms with E-state index in [0.717, 1.165) is 70.6 Å². The highest BCUT2D eigenvalue weighted by atomic mass is 16.4. The van der Waals surface area contributed by atoms with Crippen molar-refractivity contribution in [3.05, 3.63) is 29.3 Å². The molecule has 2 saturated heterocycles. The van der Waals surface area contributed by atoms with E-state index >= 15 is 0 Å². The molecule has 10 heteroatoms. The summed E-state index contributed by atoms with van der Waals surface area (Å²) in [5.41, 5.74) is 3.71. The Morgan fingerprint density at radius 2 is 1.44 bits per heavy atom. The van der Waals surface area contributed by atoms with Crippen molar-refractivity contribution in [3.63, 3.8) is 0 Å². The average molecular weight is 503 g/mol. The number of hydrogen-bond donors (Lipinski definition) is 3. The van der Waals surface area contributed by atoms with Gasteiger partial charge < -0.3 is 20.4 Å². The fraction of sp³-hybridized carbons (Fsp3) is 0.615. The van der Waals surface area contributed by atoms with Crippen molar-refractivity contribution in [1.82, 2.24) is 14.7 Å². The number of rotatable bonds is 5. The summed E-state index contributed by atoms with van der Waals surface area (Å²) >= 11 is 0. The van der Waals surface area contributed by atoms with Gasteiger partial charge in [-0.25, -0.2) is 9.59 Å². The average Bonchev–Trinajstić information content (AvgIpc) is 3.15. The van der Waals surface area contributed by atoms with Crippen molar-refractivity contribution in [3.8, 4) is 0 Å². The Bertz CT molecular complexity index is 924. The Morgan fingerprint density at radius 3 is 2.06 bits per heavy atom. The van der Waals surface area contributed by atoms with Crippen LogP contribution in [0, 0.1) is 0 Å². The summed E-state index contributed by atoms with van der Waals surface area (Å²) in [6.07, 6.45) is 8.25. The summed E-state index contributed by atoms with van der Waals surface area (Å²) in [5, 5.41) is 17.9. The quantitative estimate of drug-likeness (QED) is 0.519. The van der Waals surface area contributed by atoms with Crippen LogP contribution in [0.5, 0.6) is 0 Å². The van der Waals surface area contributed by atoms with Crippen LogP contribution in [0.15, 0.2) is 18.2 Å². The summed E-state index contributed by atoms with van der Waals surface area (Å²) in [4.78, 5) is 50.1. The zero-order valence-corrected chi connectivity index (χ0v) is 21.1. The first-order valence-electron chi connectivity index (χ1n) is 12.9. The Balaban J connectivity index is 0.000000538. The molecule has 3 N–H and O–H groups in total. The maximum absolute atomic E-state index is 12.8. The van der Waals surface area contributed by atoms with Gasteiger partial charge in [-0.1, -0.05) is 18.9 Å². The molecule has 2 heterocycles. The van der Waals surface area contributed by atoms with E-state index in [1.165, 1.54) is 30.4 Å². The number of aliphatic carboxylic acids is 2. The standard InChI is InChI=1S/C24H36N4O2.C2H2O4/c1-19(24(30)25-22-10-9-20-7-6-8-21(20)17-22)27-15-13-26(14-16-27)18-23(29)28-11-4-2-3-5-12-28;3-1(4)2(5)6/h9-10,17,19H,2-8,11-16,18H2,1H3,(H,25,30);(H,3,4)(H,5,6). The van der Waals surface area contributed by atoms with Gasteiger partial charge in [-0.2, -0.15) is 0 Å². The molecule has 1 unspecified atom stereocenters. The van der Waals surface area contributed by atoms with Crippen molar-refractivity contribution in [2.45, 2.75) is 57.9 Å². The maximum Gasteiger partial charge on any atom is 0.414 e. The van der Waals surface area contributed by atoms with Crippen molar-refractivity contribution in [1.29, 1.82) is 0 Å². The second-order valence-electron chi connectivity index (χ2n) is 9.72. The van der Waals surface area contributed by atoms with Crippen LogP contribution in [0.3, 0.4) is 0 Å². The molecule has 36 heavy (non-hydrogen) atoms. The smallest absolute Gasteiger partial charge is 0.414 e. The number of likely N-dealkylation sites (tertiary alicyclic amines) is 1. The molecular weight excluding hydrogens is 464 g/mol. The molecule has 0 aromatic heterocycles. The Hall–Kier alpha value is -2.98. The third-order valence-corrected chi connectivity index (χ3v) is 7.20. The van der Waals surface area contributed by atoms with Crippen LogP contribution in [0.1, 0.15) is 50.2 Å². The van der Waals surface area contributed by atoms with Gasteiger partial charge in [-0.15, -0.1) is 0 Å². The number of carboxylic acids is 2. The minimum Gasteiger partial charge on any atom is -0.473 e. The minimum absolute atomic E-state index is 0.0574. The van der Waals surface area contributed by atoms with Crippen LogP contribution < -0.4 is 5.32 Å². The molecule has 2 aliphatic heterocycles. The van der Waals surface area contributed by atoms with E-state index < -0.39 is 11.9 Å². The highest BCUT2D eigenvalue weighted by Gasteiger charge is 2.27. The Labute approximate surface area is 212 Å². The lowest BCUT2D eigenvalue weighted by Gasteiger charge is -2.37. The van der Waals surface area contributed by atoms with E-state index in [2.05, 4.69) is 27.2 Å². The highest BCUT2D eigenvalue weighted by molar-refractivity contribution is 6.27. The number of benzene rings is 1. The van der Waals surface area contributed by atoms with Crippen LogP contribution in [-0.2, 0) is 32.0 Å². The van der Waals surface area contributed by atoms with Crippen LogP contribution in [0.25, 0.3) is 0 Å². The number of fused-ring (bicyclic) bond motifs is 1. The Kier molecular flexibility index (Phi) is 10.2. The Morgan fingerprint density at radius 1 is 0.833 bits per heavy atom. The van der Waals surface area contributed by atoms with Gasteiger partial charge in [0, 0.05) is 45.0 Å². The monoisotopic (exact) mass is 502 g/mol. The molecule has 2 amide bonds. The van der Waals surface area contributed by atoms with Crippen LogP contribution in [-0.4, -0.2) is 101 Å². The van der Waals surface area contributed by atoms with Crippen LogP contribution in [0.2, 0.25) is 0 Å². The predicted octanol–water partition coefficient (Wildman–Crippen LogP) is 1.68. The fourth-order valence-corrected chi connectivity index (χ4v) is 4.98. The molecule has 1 aromatic rings. The lowest BCUT2D eigenvalue weighted by atomic mass is 10.1. The number of nitrogens with zero attached hydrogens (tertiary/aromatic N) is 3. The summed E-state index contributed by atoms with van der Waals surface area (Å²) in [5.74, 6) is -3.32. The van der Waals surface area contributed by atoms with E-state index in [1.54, 1.807) is 0 Å². The summed E-state index contributed by atoms with van der Waals surface area (Å²) in [7, 11) is 0. The third-order valence-electron chi connectivity index (χ3n) is 7.20. The lowest BCUT2D eigenvalue weighted by Crippen LogP contribution is -2.54. The highest BCUT2D eigenvalue weighted by Crippen LogP contribution is 2.25.